The molecule has 4 fully saturated rings. The molecule has 29 heavy (non-hydrogen) atoms. The van der Waals surface area contributed by atoms with Gasteiger partial charge in [-0.15, -0.1) is 0 Å². The van der Waals surface area contributed by atoms with Crippen molar-refractivity contribution in [2.24, 2.45) is 17.8 Å². The molecule has 6 rings (SSSR count). The van der Waals surface area contributed by atoms with Crippen LogP contribution in [0.4, 0.5) is 4.79 Å². The summed E-state index contributed by atoms with van der Waals surface area (Å²) in [5.74, 6) is 2.39. The van der Waals surface area contributed by atoms with Gasteiger partial charge >= 0.3 is 6.03 Å². The summed E-state index contributed by atoms with van der Waals surface area (Å²) in [6, 6.07) is 6.26. The Labute approximate surface area is 172 Å². The van der Waals surface area contributed by atoms with Crippen LogP contribution in [0.3, 0.4) is 0 Å². The van der Waals surface area contributed by atoms with Crippen molar-refractivity contribution in [1.82, 2.24) is 21.3 Å². The fraction of sp³-hybridized carbons (Fsp3) is 0.652. The minimum Gasteiger partial charge on any atom is -0.352 e. The molecule has 0 saturated heterocycles. The van der Waals surface area contributed by atoms with Crippen molar-refractivity contribution in [3.63, 3.8) is 0 Å². The molecule has 156 valence electrons. The molecule has 3 amide bonds. The Morgan fingerprint density at radius 2 is 1.66 bits per heavy atom. The minimum atomic E-state index is -0.106. The van der Waals surface area contributed by atoms with E-state index in [0.717, 1.165) is 55.7 Å². The lowest BCUT2D eigenvalue weighted by Gasteiger charge is -2.56. The van der Waals surface area contributed by atoms with Crippen LogP contribution in [-0.2, 0) is 24.4 Å². The number of hydrogen-bond acceptors (Lipinski definition) is 3. The SMILES string of the molecule is O=C(CCNC(=O)NC12CC3CC(CC(C3)C1)C2)NCc1ccc2c(c1)CNC2. The summed E-state index contributed by atoms with van der Waals surface area (Å²) in [7, 11) is 0. The fourth-order valence-corrected chi connectivity index (χ4v) is 6.59. The van der Waals surface area contributed by atoms with Gasteiger partial charge in [0.2, 0.25) is 5.91 Å². The number of fused-ring (bicyclic) bond motifs is 1. The summed E-state index contributed by atoms with van der Waals surface area (Å²) in [5, 5.41) is 12.5. The monoisotopic (exact) mass is 396 g/mol. The Kier molecular flexibility index (Phi) is 4.98. The second-order valence-corrected chi connectivity index (χ2v) is 9.81. The molecule has 1 aliphatic heterocycles. The number of amides is 3. The van der Waals surface area contributed by atoms with Crippen LogP contribution in [0, 0.1) is 17.8 Å². The molecule has 0 unspecified atom stereocenters. The molecule has 1 heterocycles. The highest BCUT2D eigenvalue weighted by Gasteiger charge is 2.51. The van der Waals surface area contributed by atoms with E-state index in [1.54, 1.807) is 0 Å². The Balaban J connectivity index is 1.03. The van der Waals surface area contributed by atoms with Crippen LogP contribution in [0.1, 0.15) is 61.6 Å². The highest BCUT2D eigenvalue weighted by molar-refractivity contribution is 5.78. The van der Waals surface area contributed by atoms with Crippen molar-refractivity contribution in [3.8, 4) is 0 Å². The maximum atomic E-state index is 12.4. The van der Waals surface area contributed by atoms with Gasteiger partial charge < -0.3 is 21.3 Å². The Hall–Kier alpha value is -2.08. The zero-order valence-electron chi connectivity index (χ0n) is 17.1. The van der Waals surface area contributed by atoms with Crippen molar-refractivity contribution in [3.05, 3.63) is 34.9 Å². The normalized spacial score (nSPS) is 31.4. The maximum Gasteiger partial charge on any atom is 0.315 e. The van der Waals surface area contributed by atoms with Crippen LogP contribution >= 0.6 is 0 Å². The van der Waals surface area contributed by atoms with Gasteiger partial charge in [-0.3, -0.25) is 4.79 Å². The van der Waals surface area contributed by atoms with E-state index in [2.05, 4.69) is 39.5 Å². The molecule has 4 N–H and O–H groups in total. The highest BCUT2D eigenvalue weighted by atomic mass is 16.2. The van der Waals surface area contributed by atoms with E-state index < -0.39 is 0 Å². The van der Waals surface area contributed by atoms with E-state index in [4.69, 9.17) is 0 Å². The number of carbonyl (C=O) groups is 2. The summed E-state index contributed by atoms with van der Waals surface area (Å²) in [5.41, 5.74) is 3.80. The van der Waals surface area contributed by atoms with E-state index in [1.807, 2.05) is 0 Å². The number of benzene rings is 1. The Bertz CT molecular complexity index is 771. The third-order valence-corrected chi connectivity index (χ3v) is 7.45. The van der Waals surface area contributed by atoms with Crippen molar-refractivity contribution in [1.29, 1.82) is 0 Å². The van der Waals surface area contributed by atoms with Crippen LogP contribution in [0.25, 0.3) is 0 Å². The average Bonchev–Trinajstić information content (AvgIpc) is 3.12. The summed E-state index contributed by atoms with van der Waals surface area (Å²) in [6.45, 7) is 2.74. The number of rotatable bonds is 6. The predicted octanol–water partition coefficient (Wildman–Crippen LogP) is 2.56. The Morgan fingerprint density at radius 1 is 0.966 bits per heavy atom. The summed E-state index contributed by atoms with van der Waals surface area (Å²) in [4.78, 5) is 24.6. The van der Waals surface area contributed by atoms with Gasteiger partial charge in [-0.2, -0.15) is 0 Å². The maximum absolute atomic E-state index is 12.4. The first-order valence-electron chi connectivity index (χ1n) is 11.2. The molecule has 4 saturated carbocycles. The third-order valence-electron chi connectivity index (χ3n) is 7.45. The molecule has 6 heteroatoms. The Morgan fingerprint density at radius 3 is 2.38 bits per heavy atom. The van der Waals surface area contributed by atoms with E-state index in [-0.39, 0.29) is 17.5 Å². The molecular formula is C23H32N4O2. The molecule has 6 nitrogen and oxygen atoms in total. The van der Waals surface area contributed by atoms with E-state index >= 15 is 0 Å². The standard InChI is InChI=1S/C23H32N4O2/c28-21(26-12-15-1-2-19-13-24-14-20(19)8-15)3-4-25-22(29)27-23-9-16-5-17(10-23)7-18(6-16)11-23/h1-2,8,16-18,24H,3-7,9-14H2,(H,26,28)(H2,25,27,29). The molecule has 1 aromatic rings. The summed E-state index contributed by atoms with van der Waals surface area (Å²) >= 11 is 0. The molecule has 1 aromatic carbocycles. The van der Waals surface area contributed by atoms with Crippen molar-refractivity contribution in [2.45, 2.75) is 70.1 Å². The predicted molar refractivity (Wildman–Crippen MR) is 111 cm³/mol. The van der Waals surface area contributed by atoms with Gasteiger partial charge in [-0.25, -0.2) is 4.79 Å². The van der Waals surface area contributed by atoms with Crippen molar-refractivity contribution < 1.29 is 9.59 Å². The van der Waals surface area contributed by atoms with Gasteiger partial charge in [0.15, 0.2) is 0 Å². The van der Waals surface area contributed by atoms with Crippen LogP contribution in [0.2, 0.25) is 0 Å². The lowest BCUT2D eigenvalue weighted by molar-refractivity contribution is -0.121. The highest BCUT2D eigenvalue weighted by Crippen LogP contribution is 2.55. The average molecular weight is 397 g/mol. The van der Waals surface area contributed by atoms with Crippen LogP contribution < -0.4 is 21.3 Å². The van der Waals surface area contributed by atoms with Crippen molar-refractivity contribution >= 4 is 11.9 Å². The van der Waals surface area contributed by atoms with Crippen LogP contribution in [0.15, 0.2) is 18.2 Å². The number of hydrogen-bond donors (Lipinski definition) is 4. The zero-order valence-corrected chi connectivity index (χ0v) is 17.1. The molecular weight excluding hydrogens is 364 g/mol. The first kappa shape index (κ1) is 18.9. The van der Waals surface area contributed by atoms with Gasteiger partial charge in [-0.05, 0) is 73.0 Å². The third kappa shape index (κ3) is 4.13. The molecule has 4 aliphatic carbocycles. The quantitative estimate of drug-likeness (QED) is 0.596. The largest absolute Gasteiger partial charge is 0.352 e. The van der Waals surface area contributed by atoms with Gasteiger partial charge in [0.1, 0.15) is 0 Å². The first-order valence-corrected chi connectivity index (χ1v) is 11.2. The van der Waals surface area contributed by atoms with E-state index in [9.17, 15) is 9.59 Å². The molecule has 4 bridgehead atoms. The van der Waals surface area contributed by atoms with Gasteiger partial charge in [0, 0.05) is 38.1 Å². The summed E-state index contributed by atoms with van der Waals surface area (Å²) < 4.78 is 0. The minimum absolute atomic E-state index is 0.0174. The van der Waals surface area contributed by atoms with Gasteiger partial charge in [0.05, 0.1) is 0 Å². The lowest BCUT2D eigenvalue weighted by atomic mass is 9.53. The smallest absolute Gasteiger partial charge is 0.315 e. The second-order valence-electron chi connectivity index (χ2n) is 9.81. The van der Waals surface area contributed by atoms with Gasteiger partial charge in [-0.1, -0.05) is 18.2 Å². The molecule has 0 spiro atoms. The van der Waals surface area contributed by atoms with Gasteiger partial charge in [0.25, 0.3) is 0 Å². The molecule has 0 radical (unpaired) electrons. The van der Waals surface area contributed by atoms with E-state index in [1.165, 1.54) is 30.4 Å². The molecule has 0 atom stereocenters. The van der Waals surface area contributed by atoms with Crippen LogP contribution in [0.5, 0.6) is 0 Å². The molecule has 0 aromatic heterocycles. The second kappa shape index (κ2) is 7.63. The lowest BCUT2D eigenvalue weighted by Crippen LogP contribution is -2.61. The van der Waals surface area contributed by atoms with Crippen LogP contribution in [-0.4, -0.2) is 24.0 Å². The zero-order chi connectivity index (χ0) is 19.8. The number of nitrogens with one attached hydrogen (secondary N) is 4. The number of urea groups is 1. The molecule has 5 aliphatic rings. The number of carbonyl (C=O) groups excluding carboxylic acids is 2. The summed E-state index contributed by atoms with van der Waals surface area (Å²) in [6.07, 6.45) is 7.83. The topological polar surface area (TPSA) is 82.3 Å². The fourth-order valence-electron chi connectivity index (χ4n) is 6.59. The van der Waals surface area contributed by atoms with E-state index in [0.29, 0.717) is 19.5 Å². The first-order chi connectivity index (χ1) is 14.1. The van der Waals surface area contributed by atoms with Crippen molar-refractivity contribution in [2.75, 3.05) is 6.54 Å².